The zero-order chi connectivity index (χ0) is 23.5. The van der Waals surface area contributed by atoms with Crippen LogP contribution < -0.4 is 20.3 Å². The van der Waals surface area contributed by atoms with Gasteiger partial charge in [-0.2, -0.15) is 13.2 Å². The topological polar surface area (TPSA) is 114 Å². The minimum atomic E-state index is -4.70. The number of rotatable bonds is 6. The Bertz CT molecular complexity index is 1040. The predicted molar refractivity (Wildman–Crippen MR) is 108 cm³/mol. The quantitative estimate of drug-likeness (QED) is 0.396. The highest BCUT2D eigenvalue weighted by molar-refractivity contribution is 5.95. The fourth-order valence-electron chi connectivity index (χ4n) is 3.17. The zero-order valence-corrected chi connectivity index (χ0v) is 16.8. The van der Waals surface area contributed by atoms with Crippen molar-refractivity contribution in [3.8, 4) is 5.75 Å². The van der Waals surface area contributed by atoms with E-state index < -0.39 is 34.4 Å². The van der Waals surface area contributed by atoms with Crippen molar-refractivity contribution >= 4 is 28.9 Å². The monoisotopic (exact) mass is 452 g/mol. The van der Waals surface area contributed by atoms with Gasteiger partial charge in [-0.3, -0.25) is 19.7 Å². The van der Waals surface area contributed by atoms with Gasteiger partial charge in [0.25, 0.3) is 11.6 Å². The van der Waals surface area contributed by atoms with Crippen LogP contribution in [0, 0.1) is 10.1 Å². The number of nitrogens with one attached hydrogen (secondary N) is 2. The van der Waals surface area contributed by atoms with Gasteiger partial charge < -0.3 is 20.3 Å². The highest BCUT2D eigenvalue weighted by Crippen LogP contribution is 2.35. The summed E-state index contributed by atoms with van der Waals surface area (Å²) in [5, 5.41) is 16.3. The Hall–Kier alpha value is -3.83. The van der Waals surface area contributed by atoms with Crippen molar-refractivity contribution in [3.63, 3.8) is 0 Å². The fourth-order valence-corrected chi connectivity index (χ4v) is 3.17. The molecule has 0 radical (unpaired) electrons. The van der Waals surface area contributed by atoms with Crippen molar-refractivity contribution in [2.24, 2.45) is 0 Å². The van der Waals surface area contributed by atoms with Crippen LogP contribution in [0.1, 0.15) is 12.5 Å². The lowest BCUT2D eigenvalue weighted by atomic mass is 10.1. The normalized spacial score (nSPS) is 15.4. The minimum Gasteiger partial charge on any atom is -0.477 e. The van der Waals surface area contributed by atoms with Crippen LogP contribution >= 0.6 is 0 Å². The summed E-state index contributed by atoms with van der Waals surface area (Å²) in [5.74, 6) is -0.378. The lowest BCUT2D eigenvalue weighted by molar-refractivity contribution is -0.384. The number of nitro groups is 1. The number of hydrogen-bond donors (Lipinski definition) is 2. The van der Waals surface area contributed by atoms with Gasteiger partial charge in [0.15, 0.2) is 6.10 Å². The van der Waals surface area contributed by atoms with Crippen LogP contribution in [0.5, 0.6) is 5.75 Å². The highest BCUT2D eigenvalue weighted by atomic mass is 19.4. The first kappa shape index (κ1) is 22.8. The van der Waals surface area contributed by atoms with E-state index in [1.165, 1.54) is 11.8 Å². The van der Waals surface area contributed by atoms with Gasteiger partial charge >= 0.3 is 6.18 Å². The molecular formula is C20H19F3N4O5. The van der Waals surface area contributed by atoms with Gasteiger partial charge in [-0.25, -0.2) is 0 Å². The maximum absolute atomic E-state index is 12.8. The number of ether oxygens (including phenoxy) is 1. The number of amides is 2. The molecule has 1 unspecified atom stereocenters. The van der Waals surface area contributed by atoms with Gasteiger partial charge in [-0.1, -0.05) is 12.1 Å². The van der Waals surface area contributed by atoms with Crippen molar-refractivity contribution in [1.29, 1.82) is 0 Å². The number of para-hydroxylation sites is 2. The lowest BCUT2D eigenvalue weighted by Crippen LogP contribution is -2.50. The summed E-state index contributed by atoms with van der Waals surface area (Å²) in [6.45, 7) is 1.41. The summed E-state index contributed by atoms with van der Waals surface area (Å²) in [6.07, 6.45) is -5.67. The molecule has 0 bridgehead atoms. The molecule has 0 fully saturated rings. The van der Waals surface area contributed by atoms with E-state index in [9.17, 15) is 32.9 Å². The number of halogens is 3. The Kier molecular flexibility index (Phi) is 6.51. The maximum atomic E-state index is 12.8. The first-order valence-electron chi connectivity index (χ1n) is 9.49. The van der Waals surface area contributed by atoms with Gasteiger partial charge in [0.2, 0.25) is 5.91 Å². The van der Waals surface area contributed by atoms with Gasteiger partial charge in [0, 0.05) is 26.1 Å². The van der Waals surface area contributed by atoms with Gasteiger partial charge in [-0.15, -0.1) is 0 Å². The van der Waals surface area contributed by atoms with Crippen LogP contribution in [0.2, 0.25) is 0 Å². The third-order valence-electron chi connectivity index (χ3n) is 4.71. The molecule has 2 aromatic rings. The van der Waals surface area contributed by atoms with E-state index in [-0.39, 0.29) is 31.2 Å². The zero-order valence-electron chi connectivity index (χ0n) is 16.8. The number of alkyl halides is 3. The van der Waals surface area contributed by atoms with E-state index in [1.54, 1.807) is 24.3 Å². The van der Waals surface area contributed by atoms with Crippen LogP contribution in [0.25, 0.3) is 0 Å². The Morgan fingerprint density at radius 2 is 1.94 bits per heavy atom. The highest BCUT2D eigenvalue weighted by Gasteiger charge is 2.34. The SMILES string of the molecule is CC(=O)N1CC(C(=O)NCCNc2ccc(C(F)(F)F)cc2[N+](=O)[O-])Oc2ccccc21. The number of carbonyl (C=O) groups is 2. The third-order valence-corrected chi connectivity index (χ3v) is 4.71. The molecule has 9 nitrogen and oxygen atoms in total. The number of fused-ring (bicyclic) bond motifs is 1. The molecule has 0 saturated heterocycles. The molecule has 0 aromatic heterocycles. The minimum absolute atomic E-state index is 0.00991. The molecular weight excluding hydrogens is 433 g/mol. The Balaban J connectivity index is 1.59. The first-order chi connectivity index (χ1) is 15.1. The average molecular weight is 452 g/mol. The smallest absolute Gasteiger partial charge is 0.416 e. The second-order valence-electron chi connectivity index (χ2n) is 6.91. The molecule has 1 atom stereocenters. The molecule has 0 saturated carbocycles. The molecule has 0 spiro atoms. The number of anilines is 2. The molecule has 1 aliphatic heterocycles. The number of nitro benzene ring substituents is 1. The molecule has 0 aliphatic carbocycles. The maximum Gasteiger partial charge on any atom is 0.416 e. The van der Waals surface area contributed by atoms with Crippen molar-refractivity contribution < 1.29 is 32.4 Å². The Labute approximate surface area is 180 Å². The molecule has 2 N–H and O–H groups in total. The molecule has 12 heteroatoms. The number of nitrogens with zero attached hydrogens (tertiary/aromatic N) is 2. The molecule has 2 amide bonds. The van der Waals surface area contributed by atoms with Crippen LogP contribution in [-0.2, 0) is 15.8 Å². The largest absolute Gasteiger partial charge is 0.477 e. The van der Waals surface area contributed by atoms with Crippen LogP contribution in [0.15, 0.2) is 42.5 Å². The van der Waals surface area contributed by atoms with E-state index in [2.05, 4.69) is 10.6 Å². The number of hydrogen-bond acceptors (Lipinski definition) is 6. The molecule has 170 valence electrons. The van der Waals surface area contributed by atoms with Crippen molar-refractivity contribution in [3.05, 3.63) is 58.1 Å². The summed E-state index contributed by atoms with van der Waals surface area (Å²) < 4.78 is 44.0. The summed E-state index contributed by atoms with van der Waals surface area (Å²) in [7, 11) is 0. The average Bonchev–Trinajstić information content (AvgIpc) is 2.74. The summed E-state index contributed by atoms with van der Waals surface area (Å²) >= 11 is 0. The summed E-state index contributed by atoms with van der Waals surface area (Å²) in [4.78, 5) is 36.0. The predicted octanol–water partition coefficient (Wildman–Crippen LogP) is 2.96. The molecule has 1 heterocycles. The van der Waals surface area contributed by atoms with E-state index in [4.69, 9.17) is 4.74 Å². The van der Waals surface area contributed by atoms with E-state index >= 15 is 0 Å². The number of benzene rings is 2. The van der Waals surface area contributed by atoms with Gasteiger partial charge in [-0.05, 0) is 24.3 Å². The number of carbonyl (C=O) groups excluding carboxylic acids is 2. The van der Waals surface area contributed by atoms with Gasteiger partial charge in [0.1, 0.15) is 11.4 Å². The molecule has 32 heavy (non-hydrogen) atoms. The van der Waals surface area contributed by atoms with Crippen molar-refractivity contribution in [1.82, 2.24) is 5.32 Å². The second-order valence-corrected chi connectivity index (χ2v) is 6.91. The first-order valence-corrected chi connectivity index (χ1v) is 9.49. The standard InChI is InChI=1S/C20H19F3N4O5/c1-12(28)26-11-18(32-17-5-3-2-4-15(17)26)19(29)25-9-8-24-14-7-6-13(20(21,22)23)10-16(14)27(30)31/h2-7,10,18,24H,8-9,11H2,1H3,(H,25,29). The Morgan fingerprint density at radius 1 is 1.22 bits per heavy atom. The van der Waals surface area contributed by atoms with E-state index in [0.717, 1.165) is 12.1 Å². The second kappa shape index (κ2) is 9.12. The molecule has 1 aliphatic rings. The fraction of sp³-hybridized carbons (Fsp3) is 0.300. The van der Waals surface area contributed by atoms with E-state index in [1.807, 2.05) is 0 Å². The Morgan fingerprint density at radius 3 is 2.59 bits per heavy atom. The summed E-state index contributed by atoms with van der Waals surface area (Å²) in [5.41, 5.74) is -1.41. The lowest BCUT2D eigenvalue weighted by Gasteiger charge is -2.33. The third kappa shape index (κ3) is 5.07. The van der Waals surface area contributed by atoms with Crippen LogP contribution in [-0.4, -0.2) is 42.5 Å². The van der Waals surface area contributed by atoms with Gasteiger partial charge in [0.05, 0.1) is 22.7 Å². The van der Waals surface area contributed by atoms with E-state index in [0.29, 0.717) is 17.5 Å². The van der Waals surface area contributed by atoms with Crippen LogP contribution in [0.4, 0.5) is 30.2 Å². The molecule has 2 aromatic carbocycles. The summed E-state index contributed by atoms with van der Waals surface area (Å²) in [6, 6.07) is 8.93. The molecule has 3 rings (SSSR count). The van der Waals surface area contributed by atoms with Crippen LogP contribution in [0.3, 0.4) is 0 Å². The van der Waals surface area contributed by atoms with Crippen molar-refractivity contribution in [2.75, 3.05) is 29.9 Å². The van der Waals surface area contributed by atoms with Crippen molar-refractivity contribution in [2.45, 2.75) is 19.2 Å².